The van der Waals surface area contributed by atoms with Crippen LogP contribution in [0.15, 0.2) is 49.1 Å². The SMILES string of the molecule is Cc1cc(Oc2ccc(-c3cnc[nH]3)cc2)ncc1N. The van der Waals surface area contributed by atoms with E-state index in [0.717, 1.165) is 22.6 Å². The summed E-state index contributed by atoms with van der Waals surface area (Å²) in [6, 6.07) is 9.53. The minimum absolute atomic E-state index is 0.533. The first-order valence-corrected chi connectivity index (χ1v) is 6.21. The Hall–Kier alpha value is -2.82. The lowest BCUT2D eigenvalue weighted by molar-refractivity contribution is 0.463. The summed E-state index contributed by atoms with van der Waals surface area (Å²) in [6.07, 6.45) is 5.03. The Labute approximate surface area is 116 Å². The third-order valence-corrected chi connectivity index (χ3v) is 3.01. The van der Waals surface area contributed by atoms with Crippen molar-refractivity contribution in [1.82, 2.24) is 15.0 Å². The Morgan fingerprint density at radius 2 is 1.95 bits per heavy atom. The van der Waals surface area contributed by atoms with Crippen LogP contribution in [-0.2, 0) is 0 Å². The van der Waals surface area contributed by atoms with Crippen molar-refractivity contribution in [3.8, 4) is 22.9 Å². The Morgan fingerprint density at radius 1 is 1.15 bits per heavy atom. The Morgan fingerprint density at radius 3 is 2.60 bits per heavy atom. The van der Waals surface area contributed by atoms with E-state index in [1.807, 2.05) is 37.3 Å². The van der Waals surface area contributed by atoms with Crippen molar-refractivity contribution in [1.29, 1.82) is 0 Å². The largest absolute Gasteiger partial charge is 0.439 e. The number of ether oxygens (including phenoxy) is 1. The van der Waals surface area contributed by atoms with Gasteiger partial charge in [0.2, 0.25) is 5.88 Å². The second-order valence-corrected chi connectivity index (χ2v) is 4.47. The number of pyridine rings is 1. The molecule has 2 heterocycles. The third kappa shape index (κ3) is 2.47. The Kier molecular flexibility index (Phi) is 3.09. The fourth-order valence-electron chi connectivity index (χ4n) is 1.83. The highest BCUT2D eigenvalue weighted by atomic mass is 16.5. The van der Waals surface area contributed by atoms with Gasteiger partial charge in [0.25, 0.3) is 0 Å². The van der Waals surface area contributed by atoms with E-state index in [2.05, 4.69) is 15.0 Å². The molecule has 0 aliphatic carbocycles. The van der Waals surface area contributed by atoms with Crippen LogP contribution in [-0.4, -0.2) is 15.0 Å². The quantitative estimate of drug-likeness (QED) is 0.763. The highest BCUT2D eigenvalue weighted by Gasteiger charge is 2.03. The van der Waals surface area contributed by atoms with Crippen molar-refractivity contribution in [2.24, 2.45) is 0 Å². The molecule has 20 heavy (non-hydrogen) atoms. The van der Waals surface area contributed by atoms with Gasteiger partial charge >= 0.3 is 0 Å². The molecule has 0 radical (unpaired) electrons. The van der Waals surface area contributed by atoms with Crippen molar-refractivity contribution < 1.29 is 4.74 Å². The summed E-state index contributed by atoms with van der Waals surface area (Å²) in [5.41, 5.74) is 9.36. The first kappa shape index (κ1) is 12.2. The number of rotatable bonds is 3. The lowest BCUT2D eigenvalue weighted by atomic mass is 10.2. The molecule has 3 N–H and O–H groups in total. The van der Waals surface area contributed by atoms with Gasteiger partial charge in [0.1, 0.15) is 5.75 Å². The average Bonchev–Trinajstić information content (AvgIpc) is 2.98. The van der Waals surface area contributed by atoms with Gasteiger partial charge in [0.15, 0.2) is 0 Å². The monoisotopic (exact) mass is 266 g/mol. The van der Waals surface area contributed by atoms with E-state index >= 15 is 0 Å². The normalized spacial score (nSPS) is 10.4. The lowest BCUT2D eigenvalue weighted by Gasteiger charge is -2.07. The predicted octanol–water partition coefficient (Wildman–Crippen LogP) is 3.15. The molecule has 0 fully saturated rings. The van der Waals surface area contributed by atoms with Crippen molar-refractivity contribution in [3.63, 3.8) is 0 Å². The Balaban J connectivity index is 1.79. The number of nitrogens with zero attached hydrogens (tertiary/aromatic N) is 2. The number of aromatic nitrogens is 3. The fraction of sp³-hybridized carbons (Fsp3) is 0.0667. The zero-order valence-corrected chi connectivity index (χ0v) is 11.0. The standard InChI is InChI=1S/C15H14N4O/c1-10-6-15(18-7-13(10)16)20-12-4-2-11(3-5-12)14-8-17-9-19-14/h2-9H,16H2,1H3,(H,17,19). The van der Waals surface area contributed by atoms with Gasteiger partial charge in [-0.3, -0.25) is 0 Å². The molecule has 5 heteroatoms. The summed E-state index contributed by atoms with van der Waals surface area (Å²) >= 11 is 0. The number of imidazole rings is 1. The molecule has 0 saturated carbocycles. The fourth-order valence-corrected chi connectivity index (χ4v) is 1.83. The molecule has 5 nitrogen and oxygen atoms in total. The van der Waals surface area contributed by atoms with Crippen LogP contribution in [0.1, 0.15) is 5.56 Å². The first-order valence-electron chi connectivity index (χ1n) is 6.21. The molecular formula is C15H14N4O. The highest BCUT2D eigenvalue weighted by molar-refractivity contribution is 5.59. The van der Waals surface area contributed by atoms with Gasteiger partial charge < -0.3 is 15.5 Å². The molecule has 0 spiro atoms. The van der Waals surface area contributed by atoms with E-state index in [4.69, 9.17) is 10.5 Å². The Bertz CT molecular complexity index is 705. The summed E-state index contributed by atoms with van der Waals surface area (Å²) in [4.78, 5) is 11.2. The van der Waals surface area contributed by atoms with Crippen molar-refractivity contribution in [3.05, 3.63) is 54.6 Å². The van der Waals surface area contributed by atoms with Crippen molar-refractivity contribution in [2.75, 3.05) is 5.73 Å². The maximum atomic E-state index is 5.73. The first-order chi connectivity index (χ1) is 9.72. The molecule has 0 aliphatic heterocycles. The number of hydrogen-bond acceptors (Lipinski definition) is 4. The molecule has 1 aromatic carbocycles. The van der Waals surface area contributed by atoms with Crippen LogP contribution in [0.2, 0.25) is 0 Å². The summed E-state index contributed by atoms with van der Waals surface area (Å²) < 4.78 is 5.69. The molecule has 0 aliphatic rings. The van der Waals surface area contributed by atoms with Gasteiger partial charge in [-0.05, 0) is 42.3 Å². The number of benzene rings is 1. The summed E-state index contributed by atoms with van der Waals surface area (Å²) in [6.45, 7) is 1.92. The molecule has 100 valence electrons. The molecule has 0 amide bonds. The van der Waals surface area contributed by atoms with Gasteiger partial charge in [-0.15, -0.1) is 0 Å². The molecule has 0 bridgehead atoms. The van der Waals surface area contributed by atoms with Crippen LogP contribution in [0.5, 0.6) is 11.6 Å². The zero-order chi connectivity index (χ0) is 13.9. The van der Waals surface area contributed by atoms with E-state index in [0.29, 0.717) is 11.6 Å². The van der Waals surface area contributed by atoms with Gasteiger partial charge in [0, 0.05) is 6.07 Å². The summed E-state index contributed by atoms with van der Waals surface area (Å²) in [5, 5.41) is 0. The third-order valence-electron chi connectivity index (χ3n) is 3.01. The zero-order valence-electron chi connectivity index (χ0n) is 11.0. The van der Waals surface area contributed by atoms with E-state index < -0.39 is 0 Å². The van der Waals surface area contributed by atoms with Gasteiger partial charge in [-0.2, -0.15) is 0 Å². The summed E-state index contributed by atoms with van der Waals surface area (Å²) in [5.74, 6) is 1.26. The van der Waals surface area contributed by atoms with Gasteiger partial charge in [-0.25, -0.2) is 9.97 Å². The molecular weight excluding hydrogens is 252 g/mol. The highest BCUT2D eigenvalue weighted by Crippen LogP contribution is 2.25. The number of aromatic amines is 1. The number of nitrogens with one attached hydrogen (secondary N) is 1. The average molecular weight is 266 g/mol. The number of H-pyrrole nitrogens is 1. The van der Waals surface area contributed by atoms with Crippen LogP contribution in [0.25, 0.3) is 11.3 Å². The van der Waals surface area contributed by atoms with E-state index in [9.17, 15) is 0 Å². The maximum absolute atomic E-state index is 5.73. The van der Waals surface area contributed by atoms with Crippen LogP contribution in [0.4, 0.5) is 5.69 Å². The molecule has 0 unspecified atom stereocenters. The van der Waals surface area contributed by atoms with Crippen molar-refractivity contribution >= 4 is 5.69 Å². The van der Waals surface area contributed by atoms with Crippen LogP contribution < -0.4 is 10.5 Å². The van der Waals surface area contributed by atoms with E-state index in [1.165, 1.54) is 0 Å². The maximum Gasteiger partial charge on any atom is 0.219 e. The number of anilines is 1. The minimum atomic E-state index is 0.533. The van der Waals surface area contributed by atoms with E-state index in [1.54, 1.807) is 18.7 Å². The van der Waals surface area contributed by atoms with Crippen LogP contribution >= 0.6 is 0 Å². The number of nitrogen functional groups attached to an aromatic ring is 1. The molecule has 3 rings (SSSR count). The molecule has 0 atom stereocenters. The number of hydrogen-bond donors (Lipinski definition) is 2. The number of aryl methyl sites for hydroxylation is 1. The van der Waals surface area contributed by atoms with Crippen molar-refractivity contribution in [2.45, 2.75) is 6.92 Å². The molecule has 3 aromatic rings. The lowest BCUT2D eigenvalue weighted by Crippen LogP contribution is -1.93. The van der Waals surface area contributed by atoms with Gasteiger partial charge in [-0.1, -0.05) is 0 Å². The van der Waals surface area contributed by atoms with Crippen LogP contribution in [0, 0.1) is 6.92 Å². The predicted molar refractivity (Wildman–Crippen MR) is 77.5 cm³/mol. The number of nitrogens with two attached hydrogens (primary N) is 1. The molecule has 2 aromatic heterocycles. The second-order valence-electron chi connectivity index (χ2n) is 4.47. The topological polar surface area (TPSA) is 76.8 Å². The van der Waals surface area contributed by atoms with Gasteiger partial charge in [0.05, 0.1) is 30.1 Å². The van der Waals surface area contributed by atoms with E-state index in [-0.39, 0.29) is 0 Å². The minimum Gasteiger partial charge on any atom is -0.439 e. The second kappa shape index (κ2) is 5.05. The molecule has 0 saturated heterocycles. The van der Waals surface area contributed by atoms with Crippen LogP contribution in [0.3, 0.4) is 0 Å². The summed E-state index contributed by atoms with van der Waals surface area (Å²) in [7, 11) is 0. The smallest absolute Gasteiger partial charge is 0.219 e.